The molecule has 0 amide bonds. The fraction of sp³-hybridized carbons (Fsp3) is 0.586. The monoisotopic (exact) mass is 456 g/mol. The Labute approximate surface area is 200 Å². The average Bonchev–Trinajstić information content (AvgIpc) is 2.83. The zero-order valence-electron chi connectivity index (χ0n) is 20.7. The van der Waals surface area contributed by atoms with Crippen LogP contribution in [0.2, 0.25) is 0 Å². The van der Waals surface area contributed by atoms with Gasteiger partial charge in [0.2, 0.25) is 0 Å². The van der Waals surface area contributed by atoms with Gasteiger partial charge in [-0.1, -0.05) is 103 Å². The highest BCUT2D eigenvalue weighted by molar-refractivity contribution is 5.58. The van der Waals surface area contributed by atoms with Crippen molar-refractivity contribution in [3.8, 4) is 11.4 Å². The summed E-state index contributed by atoms with van der Waals surface area (Å²) in [7, 11) is 0. The first-order valence-electron chi connectivity index (χ1n) is 13.1. The summed E-state index contributed by atoms with van der Waals surface area (Å²) in [6.45, 7) is 4.43. The summed E-state index contributed by atoms with van der Waals surface area (Å²) in [6, 6.07) is 3.29. The maximum Gasteiger partial charge on any atom is 0.170 e. The van der Waals surface area contributed by atoms with Gasteiger partial charge in [-0.3, -0.25) is 0 Å². The van der Waals surface area contributed by atoms with Crippen LogP contribution in [-0.4, -0.2) is 9.97 Å². The van der Waals surface area contributed by atoms with Crippen molar-refractivity contribution in [3.05, 3.63) is 53.4 Å². The van der Waals surface area contributed by atoms with Crippen LogP contribution in [0.4, 0.5) is 8.78 Å². The first-order valence-corrected chi connectivity index (χ1v) is 13.1. The molecule has 0 saturated carbocycles. The van der Waals surface area contributed by atoms with Gasteiger partial charge in [-0.25, -0.2) is 18.7 Å². The molecule has 182 valence electrons. The molecule has 0 spiro atoms. The summed E-state index contributed by atoms with van der Waals surface area (Å²) in [4.78, 5) is 8.54. The van der Waals surface area contributed by atoms with Crippen LogP contribution in [0.5, 0.6) is 0 Å². The molecule has 0 aliphatic rings. The lowest BCUT2D eigenvalue weighted by molar-refractivity contribution is 0.496. The SMILES string of the molecule is CCCCCCCC/C=C/c1cnc(-c2ccc(CCCCCCCCC)c(F)c2F)nc1. The zero-order valence-corrected chi connectivity index (χ0v) is 20.7. The van der Waals surface area contributed by atoms with E-state index in [4.69, 9.17) is 0 Å². The third-order valence-electron chi connectivity index (χ3n) is 6.16. The van der Waals surface area contributed by atoms with E-state index in [1.54, 1.807) is 24.5 Å². The number of hydrogen-bond acceptors (Lipinski definition) is 2. The molecular formula is C29H42F2N2. The molecule has 0 bridgehead atoms. The van der Waals surface area contributed by atoms with E-state index in [2.05, 4.69) is 29.9 Å². The third-order valence-corrected chi connectivity index (χ3v) is 6.16. The van der Waals surface area contributed by atoms with E-state index in [9.17, 15) is 8.78 Å². The number of hydrogen-bond donors (Lipinski definition) is 0. The van der Waals surface area contributed by atoms with Gasteiger partial charge in [-0.15, -0.1) is 0 Å². The molecule has 4 heteroatoms. The Kier molecular flexibility index (Phi) is 13.6. The van der Waals surface area contributed by atoms with Gasteiger partial charge in [-0.2, -0.15) is 0 Å². The van der Waals surface area contributed by atoms with Crippen molar-refractivity contribution in [2.24, 2.45) is 0 Å². The van der Waals surface area contributed by atoms with Crippen molar-refractivity contribution in [1.82, 2.24) is 9.97 Å². The summed E-state index contributed by atoms with van der Waals surface area (Å²) in [6.07, 6.45) is 24.9. The maximum atomic E-state index is 14.7. The van der Waals surface area contributed by atoms with Gasteiger partial charge in [0.15, 0.2) is 17.5 Å². The summed E-state index contributed by atoms with van der Waals surface area (Å²) < 4.78 is 29.3. The largest absolute Gasteiger partial charge is 0.236 e. The lowest BCUT2D eigenvalue weighted by Crippen LogP contribution is -2.00. The molecule has 0 aliphatic heterocycles. The van der Waals surface area contributed by atoms with Gasteiger partial charge < -0.3 is 0 Å². The van der Waals surface area contributed by atoms with Crippen molar-refractivity contribution in [1.29, 1.82) is 0 Å². The number of unbranched alkanes of at least 4 members (excludes halogenated alkanes) is 12. The lowest BCUT2D eigenvalue weighted by Gasteiger charge is -2.08. The predicted molar refractivity (Wildman–Crippen MR) is 136 cm³/mol. The highest BCUT2D eigenvalue weighted by atomic mass is 19.2. The molecule has 2 aromatic rings. The average molecular weight is 457 g/mol. The molecule has 0 N–H and O–H groups in total. The summed E-state index contributed by atoms with van der Waals surface area (Å²) in [5.74, 6) is -1.38. The molecule has 0 fully saturated rings. The Morgan fingerprint density at radius 3 is 1.91 bits per heavy atom. The molecule has 2 rings (SSSR count). The highest BCUT2D eigenvalue weighted by Gasteiger charge is 2.16. The Morgan fingerprint density at radius 1 is 0.697 bits per heavy atom. The van der Waals surface area contributed by atoms with E-state index in [-0.39, 0.29) is 11.4 Å². The van der Waals surface area contributed by atoms with Gasteiger partial charge in [0.1, 0.15) is 0 Å². The minimum atomic E-state index is -0.846. The van der Waals surface area contributed by atoms with E-state index >= 15 is 0 Å². The first kappa shape index (κ1) is 27.1. The second-order valence-corrected chi connectivity index (χ2v) is 9.07. The standard InChI is InChI=1S/C29H42F2N2/c1-3-5-7-9-11-13-14-16-18-24-22-32-29(33-23-24)26-21-20-25(27(30)28(26)31)19-17-15-12-10-8-6-4-2/h16,18,20-23H,3-15,17,19H2,1-2H3/b18-16+. The molecule has 0 unspecified atom stereocenters. The second-order valence-electron chi connectivity index (χ2n) is 9.07. The minimum Gasteiger partial charge on any atom is -0.236 e. The fourth-order valence-electron chi connectivity index (χ4n) is 4.05. The Hall–Kier alpha value is -2.10. The second kappa shape index (κ2) is 16.5. The van der Waals surface area contributed by atoms with Crippen LogP contribution >= 0.6 is 0 Å². The molecule has 0 aliphatic carbocycles. The minimum absolute atomic E-state index is 0.124. The zero-order chi connectivity index (χ0) is 23.7. The van der Waals surface area contributed by atoms with Crippen LogP contribution in [0.3, 0.4) is 0 Å². The molecule has 0 atom stereocenters. The lowest BCUT2D eigenvalue weighted by atomic mass is 10.0. The van der Waals surface area contributed by atoms with E-state index in [1.807, 2.05) is 6.08 Å². The third kappa shape index (κ3) is 10.1. The van der Waals surface area contributed by atoms with Crippen LogP contribution < -0.4 is 0 Å². The number of aromatic nitrogens is 2. The van der Waals surface area contributed by atoms with Gasteiger partial charge in [-0.05, 0) is 37.3 Å². The molecule has 0 radical (unpaired) electrons. The van der Waals surface area contributed by atoms with Crippen LogP contribution in [-0.2, 0) is 6.42 Å². The van der Waals surface area contributed by atoms with E-state index in [1.165, 1.54) is 64.2 Å². The number of rotatable bonds is 17. The Balaban J connectivity index is 1.82. The van der Waals surface area contributed by atoms with E-state index in [0.717, 1.165) is 31.2 Å². The topological polar surface area (TPSA) is 25.8 Å². The number of benzene rings is 1. The Bertz CT molecular complexity index is 815. The Morgan fingerprint density at radius 2 is 1.27 bits per heavy atom. The molecule has 1 aromatic heterocycles. The normalized spacial score (nSPS) is 11.5. The van der Waals surface area contributed by atoms with Crippen molar-refractivity contribution < 1.29 is 8.78 Å². The highest BCUT2D eigenvalue weighted by Crippen LogP contribution is 2.25. The summed E-state index contributed by atoms with van der Waals surface area (Å²) in [5.41, 5.74) is 1.44. The van der Waals surface area contributed by atoms with Gasteiger partial charge in [0.05, 0.1) is 5.56 Å². The van der Waals surface area contributed by atoms with Crippen LogP contribution in [0, 0.1) is 11.6 Å². The van der Waals surface area contributed by atoms with Crippen molar-refractivity contribution in [3.63, 3.8) is 0 Å². The number of halogens is 2. The van der Waals surface area contributed by atoms with Gasteiger partial charge in [0, 0.05) is 18.0 Å². The molecule has 0 saturated heterocycles. The number of aryl methyl sites for hydroxylation is 1. The van der Waals surface area contributed by atoms with E-state index in [0.29, 0.717) is 12.0 Å². The predicted octanol–water partition coefficient (Wildman–Crippen LogP) is 9.48. The van der Waals surface area contributed by atoms with Crippen LogP contribution in [0.1, 0.15) is 115 Å². The molecule has 1 aromatic carbocycles. The van der Waals surface area contributed by atoms with Gasteiger partial charge >= 0.3 is 0 Å². The van der Waals surface area contributed by atoms with Crippen molar-refractivity contribution in [2.45, 2.75) is 110 Å². The van der Waals surface area contributed by atoms with E-state index < -0.39 is 11.6 Å². The quantitative estimate of drug-likeness (QED) is 0.221. The number of allylic oxidation sites excluding steroid dienone is 1. The number of nitrogens with zero attached hydrogens (tertiary/aromatic N) is 2. The molecular weight excluding hydrogens is 414 g/mol. The summed E-state index contributed by atoms with van der Waals surface area (Å²) >= 11 is 0. The molecule has 33 heavy (non-hydrogen) atoms. The maximum absolute atomic E-state index is 14.7. The van der Waals surface area contributed by atoms with Crippen LogP contribution in [0.25, 0.3) is 17.5 Å². The first-order chi connectivity index (χ1) is 16.2. The summed E-state index contributed by atoms with van der Waals surface area (Å²) in [5, 5.41) is 0. The van der Waals surface area contributed by atoms with Crippen molar-refractivity contribution >= 4 is 6.08 Å². The fourth-order valence-corrected chi connectivity index (χ4v) is 4.05. The van der Waals surface area contributed by atoms with Crippen molar-refractivity contribution in [2.75, 3.05) is 0 Å². The molecule has 1 heterocycles. The molecule has 2 nitrogen and oxygen atoms in total. The smallest absolute Gasteiger partial charge is 0.170 e. The van der Waals surface area contributed by atoms with Gasteiger partial charge in [0.25, 0.3) is 0 Å². The van der Waals surface area contributed by atoms with Crippen LogP contribution in [0.15, 0.2) is 30.6 Å².